The molecule has 1 atom stereocenters. The smallest absolute Gasteiger partial charge is 0.129 e. The van der Waals surface area contributed by atoms with E-state index in [2.05, 4.69) is 10.6 Å². The highest BCUT2D eigenvalue weighted by Gasteiger charge is 2.12. The maximum absolute atomic E-state index is 13.5. The lowest BCUT2D eigenvalue weighted by molar-refractivity contribution is 0.389. The molecule has 1 aromatic carbocycles. The average molecular weight is 236 g/mol. The van der Waals surface area contributed by atoms with Crippen LogP contribution in [0.1, 0.15) is 29.5 Å². The van der Waals surface area contributed by atoms with Gasteiger partial charge in [0, 0.05) is 19.1 Å². The predicted octanol–water partition coefficient (Wildman–Crippen LogP) is 2.28. The molecule has 1 saturated heterocycles. The number of piperidine rings is 1. The molecule has 17 heavy (non-hydrogen) atoms. The lowest BCUT2D eigenvalue weighted by atomic mass is 10.0. The van der Waals surface area contributed by atoms with E-state index in [-0.39, 0.29) is 5.82 Å². The van der Waals surface area contributed by atoms with Gasteiger partial charge >= 0.3 is 0 Å². The van der Waals surface area contributed by atoms with E-state index in [0.717, 1.165) is 30.8 Å². The van der Waals surface area contributed by atoms with Crippen molar-refractivity contribution in [2.45, 2.75) is 39.3 Å². The fraction of sp³-hybridized carbons (Fsp3) is 0.571. The Morgan fingerprint density at radius 2 is 2.06 bits per heavy atom. The third-order valence-electron chi connectivity index (χ3n) is 3.39. The molecule has 0 saturated carbocycles. The van der Waals surface area contributed by atoms with Crippen molar-refractivity contribution in [2.24, 2.45) is 0 Å². The van der Waals surface area contributed by atoms with Crippen molar-refractivity contribution in [3.05, 3.63) is 34.6 Å². The van der Waals surface area contributed by atoms with Gasteiger partial charge in [0.2, 0.25) is 0 Å². The second-order valence-corrected chi connectivity index (χ2v) is 4.97. The van der Waals surface area contributed by atoms with Gasteiger partial charge in [-0.2, -0.15) is 0 Å². The minimum absolute atomic E-state index is 0.0758. The first-order chi connectivity index (χ1) is 8.16. The maximum Gasteiger partial charge on any atom is 0.129 e. The highest BCUT2D eigenvalue weighted by molar-refractivity contribution is 5.30. The Kier molecular flexibility index (Phi) is 4.13. The number of hydrogen-bond donors (Lipinski definition) is 2. The Morgan fingerprint density at radius 1 is 1.35 bits per heavy atom. The number of rotatable bonds is 3. The lowest BCUT2D eigenvalue weighted by Gasteiger charge is -2.24. The summed E-state index contributed by atoms with van der Waals surface area (Å²) in [6, 6.07) is 4.42. The van der Waals surface area contributed by atoms with E-state index >= 15 is 0 Å². The van der Waals surface area contributed by atoms with Gasteiger partial charge in [0.1, 0.15) is 5.82 Å². The molecular weight excluding hydrogens is 215 g/mol. The molecule has 0 spiro atoms. The van der Waals surface area contributed by atoms with Gasteiger partial charge in [-0.15, -0.1) is 0 Å². The summed E-state index contributed by atoms with van der Waals surface area (Å²) in [5.74, 6) is -0.0758. The summed E-state index contributed by atoms with van der Waals surface area (Å²) in [7, 11) is 0. The number of halogens is 1. The van der Waals surface area contributed by atoms with E-state index in [1.54, 1.807) is 0 Å². The molecule has 1 unspecified atom stereocenters. The number of hydrogen-bond acceptors (Lipinski definition) is 2. The van der Waals surface area contributed by atoms with Crippen molar-refractivity contribution in [3.63, 3.8) is 0 Å². The highest BCUT2D eigenvalue weighted by Crippen LogP contribution is 2.15. The second-order valence-electron chi connectivity index (χ2n) is 4.97. The van der Waals surface area contributed by atoms with Crippen molar-refractivity contribution in [3.8, 4) is 0 Å². The Bertz CT molecular complexity index is 361. The van der Waals surface area contributed by atoms with E-state index in [1.807, 2.05) is 26.0 Å². The molecule has 0 amide bonds. The first-order valence-corrected chi connectivity index (χ1v) is 6.36. The van der Waals surface area contributed by atoms with Crippen LogP contribution in [-0.4, -0.2) is 19.1 Å². The standard InChI is InChI=1S/C14H21FN2/c1-10-6-12(7-11(2)14(10)15)8-17-13-4-3-5-16-9-13/h6-7,13,16-17H,3-5,8-9H2,1-2H3. The fourth-order valence-electron chi connectivity index (χ4n) is 2.43. The van der Waals surface area contributed by atoms with Gasteiger partial charge in [-0.3, -0.25) is 0 Å². The number of aryl methyl sites for hydroxylation is 2. The maximum atomic E-state index is 13.5. The van der Waals surface area contributed by atoms with E-state index in [4.69, 9.17) is 0 Å². The molecule has 0 aromatic heterocycles. The first-order valence-electron chi connectivity index (χ1n) is 6.36. The second kappa shape index (κ2) is 5.61. The third kappa shape index (κ3) is 3.27. The van der Waals surface area contributed by atoms with Gasteiger partial charge in [0.15, 0.2) is 0 Å². The summed E-state index contributed by atoms with van der Waals surface area (Å²) in [5, 5.41) is 6.91. The van der Waals surface area contributed by atoms with Crippen LogP contribution in [0.3, 0.4) is 0 Å². The normalized spacial score (nSPS) is 20.5. The molecule has 1 aromatic rings. The van der Waals surface area contributed by atoms with Crippen LogP contribution >= 0.6 is 0 Å². The van der Waals surface area contributed by atoms with E-state index < -0.39 is 0 Å². The van der Waals surface area contributed by atoms with Crippen molar-refractivity contribution in [1.82, 2.24) is 10.6 Å². The molecule has 0 bridgehead atoms. The summed E-state index contributed by atoms with van der Waals surface area (Å²) in [6.45, 7) is 6.66. The number of benzene rings is 1. The summed E-state index contributed by atoms with van der Waals surface area (Å²) >= 11 is 0. The average Bonchev–Trinajstić information content (AvgIpc) is 2.34. The molecule has 1 heterocycles. The summed E-state index contributed by atoms with van der Waals surface area (Å²) in [4.78, 5) is 0. The molecule has 1 aliphatic rings. The zero-order valence-electron chi connectivity index (χ0n) is 10.6. The SMILES string of the molecule is Cc1cc(CNC2CCCNC2)cc(C)c1F. The molecular formula is C14H21FN2. The molecule has 2 N–H and O–H groups in total. The van der Waals surface area contributed by atoms with Crippen molar-refractivity contribution < 1.29 is 4.39 Å². The minimum atomic E-state index is -0.0758. The predicted molar refractivity (Wildman–Crippen MR) is 68.6 cm³/mol. The van der Waals surface area contributed by atoms with Crippen molar-refractivity contribution >= 4 is 0 Å². The largest absolute Gasteiger partial charge is 0.315 e. The van der Waals surface area contributed by atoms with Crippen LogP contribution in [0.2, 0.25) is 0 Å². The Labute approximate surface area is 103 Å². The summed E-state index contributed by atoms with van der Waals surface area (Å²) in [6.07, 6.45) is 2.46. The Morgan fingerprint density at radius 3 is 2.65 bits per heavy atom. The van der Waals surface area contributed by atoms with Gasteiger partial charge in [-0.05, 0) is 49.9 Å². The fourth-order valence-corrected chi connectivity index (χ4v) is 2.43. The number of nitrogens with one attached hydrogen (secondary N) is 2. The first kappa shape index (κ1) is 12.5. The highest BCUT2D eigenvalue weighted by atomic mass is 19.1. The molecule has 0 radical (unpaired) electrons. The molecule has 94 valence electrons. The quantitative estimate of drug-likeness (QED) is 0.841. The monoisotopic (exact) mass is 236 g/mol. The third-order valence-corrected chi connectivity index (χ3v) is 3.39. The molecule has 1 aliphatic heterocycles. The Hall–Kier alpha value is -0.930. The molecule has 3 heteroatoms. The zero-order chi connectivity index (χ0) is 12.3. The van der Waals surface area contributed by atoms with Crippen LogP contribution in [0.25, 0.3) is 0 Å². The van der Waals surface area contributed by atoms with Gasteiger partial charge < -0.3 is 10.6 Å². The minimum Gasteiger partial charge on any atom is -0.315 e. The van der Waals surface area contributed by atoms with Gasteiger partial charge in [-0.25, -0.2) is 4.39 Å². The van der Waals surface area contributed by atoms with Gasteiger partial charge in [0.25, 0.3) is 0 Å². The van der Waals surface area contributed by atoms with Crippen LogP contribution in [0.5, 0.6) is 0 Å². The molecule has 0 aliphatic carbocycles. The van der Waals surface area contributed by atoms with Crippen LogP contribution in [0.4, 0.5) is 4.39 Å². The Balaban J connectivity index is 1.94. The van der Waals surface area contributed by atoms with Gasteiger partial charge in [0.05, 0.1) is 0 Å². The van der Waals surface area contributed by atoms with E-state index in [0.29, 0.717) is 6.04 Å². The molecule has 1 fully saturated rings. The summed E-state index contributed by atoms with van der Waals surface area (Å²) < 4.78 is 13.5. The van der Waals surface area contributed by atoms with Crippen LogP contribution < -0.4 is 10.6 Å². The van der Waals surface area contributed by atoms with Crippen LogP contribution in [0.15, 0.2) is 12.1 Å². The van der Waals surface area contributed by atoms with Gasteiger partial charge in [-0.1, -0.05) is 12.1 Å². The molecule has 2 nitrogen and oxygen atoms in total. The van der Waals surface area contributed by atoms with Crippen molar-refractivity contribution in [2.75, 3.05) is 13.1 Å². The van der Waals surface area contributed by atoms with E-state index in [1.165, 1.54) is 18.4 Å². The zero-order valence-corrected chi connectivity index (χ0v) is 10.6. The lowest BCUT2D eigenvalue weighted by Crippen LogP contribution is -2.42. The van der Waals surface area contributed by atoms with E-state index in [9.17, 15) is 4.39 Å². The van der Waals surface area contributed by atoms with Crippen LogP contribution in [0, 0.1) is 19.7 Å². The topological polar surface area (TPSA) is 24.1 Å². The van der Waals surface area contributed by atoms with Crippen molar-refractivity contribution in [1.29, 1.82) is 0 Å². The summed E-state index contributed by atoms with van der Waals surface area (Å²) in [5.41, 5.74) is 2.65. The van der Waals surface area contributed by atoms with Crippen LogP contribution in [-0.2, 0) is 6.54 Å². The molecule has 2 rings (SSSR count).